The monoisotopic (exact) mass is 385 g/mol. The molecule has 1 N–H and O–H groups in total. The number of fused-ring (bicyclic) bond motifs is 1. The molecule has 1 fully saturated rings. The fraction of sp³-hybridized carbons (Fsp3) is 0.350. The third kappa shape index (κ3) is 3.70. The average Bonchev–Trinajstić information content (AvgIpc) is 3.23. The first-order valence-electron chi connectivity index (χ1n) is 9.27. The van der Waals surface area contributed by atoms with Gasteiger partial charge in [0.25, 0.3) is 0 Å². The number of nitrogens with one attached hydrogen (secondary N) is 1. The molecule has 0 spiro atoms. The summed E-state index contributed by atoms with van der Waals surface area (Å²) in [6.45, 7) is 2.42. The summed E-state index contributed by atoms with van der Waals surface area (Å²) in [4.78, 5) is 14.2. The molecule has 2 heterocycles. The first-order chi connectivity index (χ1) is 13.0. The van der Waals surface area contributed by atoms with Crippen molar-refractivity contribution in [1.29, 1.82) is 0 Å². The number of rotatable bonds is 3. The van der Waals surface area contributed by atoms with E-state index in [1.54, 1.807) is 29.2 Å². The molecule has 2 aliphatic heterocycles. The van der Waals surface area contributed by atoms with Crippen LogP contribution in [0.1, 0.15) is 24.0 Å². The average molecular weight is 385 g/mol. The summed E-state index contributed by atoms with van der Waals surface area (Å²) >= 11 is 0. The van der Waals surface area contributed by atoms with Crippen LogP contribution in [0.5, 0.6) is 0 Å². The number of hydrogen-bond acceptors (Lipinski definition) is 3. The van der Waals surface area contributed by atoms with E-state index in [2.05, 4.69) is 11.4 Å². The maximum Gasteiger partial charge on any atom is 0.321 e. The Labute approximate surface area is 159 Å². The third-order valence-corrected chi connectivity index (χ3v) is 7.09. The summed E-state index contributed by atoms with van der Waals surface area (Å²) in [5, 5.41) is 2.83. The molecular formula is C20H23N3O3S. The zero-order valence-corrected chi connectivity index (χ0v) is 15.9. The van der Waals surface area contributed by atoms with Crippen LogP contribution in [0, 0.1) is 0 Å². The van der Waals surface area contributed by atoms with Crippen LogP contribution in [0.15, 0.2) is 53.4 Å². The Balaban J connectivity index is 1.47. The highest BCUT2D eigenvalue weighted by Crippen LogP contribution is 2.25. The van der Waals surface area contributed by atoms with Gasteiger partial charge in [-0.2, -0.15) is 4.31 Å². The lowest BCUT2D eigenvalue weighted by Crippen LogP contribution is -2.36. The summed E-state index contributed by atoms with van der Waals surface area (Å²) in [6.07, 6.45) is 2.78. The van der Waals surface area contributed by atoms with E-state index >= 15 is 0 Å². The van der Waals surface area contributed by atoms with Crippen molar-refractivity contribution >= 4 is 21.7 Å². The number of likely N-dealkylation sites (tertiary alicyclic amines) is 1. The summed E-state index contributed by atoms with van der Waals surface area (Å²) in [5.74, 6) is 0. The van der Waals surface area contributed by atoms with Crippen LogP contribution in [0.2, 0.25) is 0 Å². The fourth-order valence-electron chi connectivity index (χ4n) is 3.66. The van der Waals surface area contributed by atoms with E-state index in [0.29, 0.717) is 18.8 Å². The number of benzene rings is 2. The van der Waals surface area contributed by atoms with Gasteiger partial charge in [0.05, 0.1) is 4.90 Å². The van der Waals surface area contributed by atoms with Gasteiger partial charge in [0.1, 0.15) is 0 Å². The second kappa shape index (κ2) is 7.32. The molecule has 2 amide bonds. The van der Waals surface area contributed by atoms with Crippen molar-refractivity contribution in [3.63, 3.8) is 0 Å². The zero-order chi connectivity index (χ0) is 18.9. The molecule has 27 heavy (non-hydrogen) atoms. The van der Waals surface area contributed by atoms with Gasteiger partial charge in [-0.25, -0.2) is 13.2 Å². The number of carbonyl (C=O) groups excluding carboxylic acids is 1. The van der Waals surface area contributed by atoms with Crippen molar-refractivity contribution in [3.8, 4) is 0 Å². The van der Waals surface area contributed by atoms with Gasteiger partial charge in [-0.1, -0.05) is 24.3 Å². The summed E-state index contributed by atoms with van der Waals surface area (Å²) < 4.78 is 27.5. The molecule has 0 radical (unpaired) electrons. The van der Waals surface area contributed by atoms with Crippen LogP contribution in [0.3, 0.4) is 0 Å². The van der Waals surface area contributed by atoms with Crippen LogP contribution in [0.25, 0.3) is 0 Å². The number of nitrogens with zero attached hydrogens (tertiary/aromatic N) is 2. The molecule has 2 aromatic carbocycles. The first-order valence-corrected chi connectivity index (χ1v) is 10.7. The molecule has 6 nitrogen and oxygen atoms in total. The van der Waals surface area contributed by atoms with Crippen molar-refractivity contribution in [2.45, 2.75) is 30.7 Å². The zero-order valence-electron chi connectivity index (χ0n) is 15.1. The van der Waals surface area contributed by atoms with Gasteiger partial charge >= 0.3 is 6.03 Å². The predicted molar refractivity (Wildman–Crippen MR) is 104 cm³/mol. The van der Waals surface area contributed by atoms with Gasteiger partial charge in [-0.3, -0.25) is 0 Å². The van der Waals surface area contributed by atoms with Crippen molar-refractivity contribution in [1.82, 2.24) is 9.21 Å². The SMILES string of the molecule is O=C(Nc1ccc(S(=O)(=O)N2CCc3ccccc3C2)cc1)N1CCCC1. The van der Waals surface area contributed by atoms with Gasteiger partial charge < -0.3 is 10.2 Å². The molecule has 0 aromatic heterocycles. The molecule has 0 atom stereocenters. The molecular weight excluding hydrogens is 362 g/mol. The second-order valence-corrected chi connectivity index (χ2v) is 8.94. The Morgan fingerprint density at radius 3 is 2.26 bits per heavy atom. The lowest BCUT2D eigenvalue weighted by molar-refractivity contribution is 0.222. The van der Waals surface area contributed by atoms with Crippen molar-refractivity contribution in [2.24, 2.45) is 0 Å². The van der Waals surface area contributed by atoms with Crippen LogP contribution in [0.4, 0.5) is 10.5 Å². The van der Waals surface area contributed by atoms with Crippen LogP contribution >= 0.6 is 0 Å². The smallest absolute Gasteiger partial charge is 0.321 e. The summed E-state index contributed by atoms with van der Waals surface area (Å²) in [6, 6.07) is 14.3. The highest BCUT2D eigenvalue weighted by atomic mass is 32.2. The first kappa shape index (κ1) is 18.0. The third-order valence-electron chi connectivity index (χ3n) is 5.23. The Morgan fingerprint density at radius 1 is 0.889 bits per heavy atom. The Kier molecular flexibility index (Phi) is 4.88. The molecule has 2 aliphatic rings. The standard InChI is InChI=1S/C20H23N3O3S/c24-20(22-12-3-4-13-22)21-18-7-9-19(10-8-18)27(25,26)23-14-11-16-5-1-2-6-17(16)15-23/h1-2,5-10H,3-4,11-15H2,(H,21,24). The maximum absolute atomic E-state index is 13.0. The van der Waals surface area contributed by atoms with E-state index in [-0.39, 0.29) is 10.9 Å². The molecule has 0 unspecified atom stereocenters. The molecule has 4 rings (SSSR count). The van der Waals surface area contributed by atoms with Crippen molar-refractivity contribution < 1.29 is 13.2 Å². The lowest BCUT2D eigenvalue weighted by Gasteiger charge is -2.28. The van der Waals surface area contributed by atoms with Crippen LogP contribution in [-0.2, 0) is 23.0 Å². The minimum Gasteiger partial charge on any atom is -0.325 e. The maximum atomic E-state index is 13.0. The quantitative estimate of drug-likeness (QED) is 0.883. The number of sulfonamides is 1. The predicted octanol–water partition coefficient (Wildman–Crippen LogP) is 3.06. The van der Waals surface area contributed by atoms with Crippen LogP contribution in [-0.4, -0.2) is 43.3 Å². The van der Waals surface area contributed by atoms with Gasteiger partial charge in [-0.05, 0) is 54.7 Å². The van der Waals surface area contributed by atoms with Crippen molar-refractivity contribution in [3.05, 3.63) is 59.7 Å². The molecule has 7 heteroatoms. The largest absolute Gasteiger partial charge is 0.325 e. The number of carbonyl (C=O) groups is 1. The van der Waals surface area contributed by atoms with E-state index in [4.69, 9.17) is 0 Å². The number of anilines is 1. The summed E-state index contributed by atoms with van der Waals surface area (Å²) in [7, 11) is -3.56. The minimum atomic E-state index is -3.56. The Bertz CT molecular complexity index is 935. The fourth-order valence-corrected chi connectivity index (χ4v) is 5.08. The van der Waals surface area contributed by atoms with E-state index in [1.807, 2.05) is 18.2 Å². The molecule has 2 aromatic rings. The van der Waals surface area contributed by atoms with Gasteiger partial charge in [-0.15, -0.1) is 0 Å². The Hall–Kier alpha value is -2.38. The molecule has 142 valence electrons. The van der Waals surface area contributed by atoms with Crippen molar-refractivity contribution in [2.75, 3.05) is 25.0 Å². The minimum absolute atomic E-state index is 0.129. The van der Waals surface area contributed by atoms with E-state index in [0.717, 1.165) is 37.9 Å². The van der Waals surface area contributed by atoms with E-state index in [1.165, 1.54) is 9.87 Å². The number of hydrogen-bond donors (Lipinski definition) is 1. The molecule has 0 aliphatic carbocycles. The topological polar surface area (TPSA) is 69.7 Å². The van der Waals surface area contributed by atoms with E-state index in [9.17, 15) is 13.2 Å². The highest BCUT2D eigenvalue weighted by molar-refractivity contribution is 7.89. The highest BCUT2D eigenvalue weighted by Gasteiger charge is 2.28. The second-order valence-electron chi connectivity index (χ2n) is 7.01. The molecule has 0 saturated carbocycles. The van der Waals surface area contributed by atoms with Gasteiger partial charge in [0, 0.05) is 31.9 Å². The van der Waals surface area contributed by atoms with Gasteiger partial charge in [0.2, 0.25) is 10.0 Å². The number of amides is 2. The molecule has 0 bridgehead atoms. The molecule has 1 saturated heterocycles. The normalized spacial score (nSPS) is 17.6. The Morgan fingerprint density at radius 2 is 1.56 bits per heavy atom. The summed E-state index contributed by atoms with van der Waals surface area (Å²) in [5.41, 5.74) is 2.88. The number of urea groups is 1. The van der Waals surface area contributed by atoms with Gasteiger partial charge in [0.15, 0.2) is 0 Å². The van der Waals surface area contributed by atoms with Crippen LogP contribution < -0.4 is 5.32 Å². The van der Waals surface area contributed by atoms with E-state index < -0.39 is 10.0 Å². The lowest BCUT2D eigenvalue weighted by atomic mass is 10.0.